The summed E-state index contributed by atoms with van der Waals surface area (Å²) in [6, 6.07) is 9.29. The third kappa shape index (κ3) is 9.63. The van der Waals surface area contributed by atoms with Crippen molar-refractivity contribution in [1.29, 1.82) is 0 Å². The van der Waals surface area contributed by atoms with Crippen LogP contribution in [0, 0.1) is 25.5 Å². The van der Waals surface area contributed by atoms with Gasteiger partial charge < -0.3 is 14.9 Å². The molecule has 4 rings (SSSR count). The molecule has 7 nitrogen and oxygen atoms in total. The second kappa shape index (κ2) is 14.4. The number of hydrogen-bond acceptors (Lipinski definition) is 7. The van der Waals surface area contributed by atoms with Gasteiger partial charge in [0.1, 0.15) is 18.3 Å². The van der Waals surface area contributed by atoms with Gasteiger partial charge in [-0.05, 0) is 70.0 Å². The molecule has 0 aliphatic heterocycles. The minimum Gasteiger partial charge on any atom is -0.505 e. The summed E-state index contributed by atoms with van der Waals surface area (Å²) in [6.45, 7) is 3.87. The Morgan fingerprint density at radius 3 is 1.74 bits per heavy atom. The highest BCUT2D eigenvalue weighted by Crippen LogP contribution is 2.25. The molecule has 0 aliphatic carbocycles. The molecule has 11 heteroatoms. The molecule has 0 atom stereocenters. The van der Waals surface area contributed by atoms with Crippen molar-refractivity contribution in [3.63, 3.8) is 0 Å². The van der Waals surface area contributed by atoms with Gasteiger partial charge in [-0.15, -0.1) is 0 Å². The van der Waals surface area contributed by atoms with E-state index in [1.54, 1.807) is 62.9 Å². The van der Waals surface area contributed by atoms with E-state index in [9.17, 15) is 8.78 Å². The largest absolute Gasteiger partial charge is 0.505 e. The number of nitrogens with zero attached hydrogens (tertiary/aromatic N) is 4. The molecule has 0 spiro atoms. The van der Waals surface area contributed by atoms with Crippen LogP contribution in [0.5, 0.6) is 11.5 Å². The molecule has 0 aliphatic rings. The first-order chi connectivity index (χ1) is 16.7. The molecule has 0 saturated heterocycles. The van der Waals surface area contributed by atoms with Gasteiger partial charge in [0.05, 0.1) is 15.6 Å². The lowest BCUT2D eigenvalue weighted by Crippen LogP contribution is -1.99. The Bertz CT molecular complexity index is 1190. The summed E-state index contributed by atoms with van der Waals surface area (Å²) in [4.78, 5) is 15.8. The Morgan fingerprint density at radius 1 is 0.771 bits per heavy atom. The smallest absolute Gasteiger partial charge is 0.179 e. The van der Waals surface area contributed by atoms with E-state index in [-0.39, 0.29) is 29.2 Å². The normalized spacial score (nSPS) is 9.91. The summed E-state index contributed by atoms with van der Waals surface area (Å²) < 4.78 is 32.0. The SMILES string of the molecule is Cc1ncc(CO)cn1.Cc1ncc(COc2cccc(Br)c2F)cn1.Oc1cccc(Br)c1F. The number of phenolic OH excluding ortho intramolecular Hbond substituents is 1. The Hall–Kier alpha value is -3.02. The van der Waals surface area contributed by atoms with Crippen LogP contribution in [0.3, 0.4) is 0 Å². The number of aliphatic hydroxyl groups is 1. The number of hydrogen-bond donors (Lipinski definition) is 2. The quantitative estimate of drug-likeness (QED) is 0.299. The first-order valence-electron chi connectivity index (χ1n) is 10.1. The number of rotatable bonds is 4. The van der Waals surface area contributed by atoms with Crippen LogP contribution >= 0.6 is 31.9 Å². The molecule has 0 fully saturated rings. The second-order valence-corrected chi connectivity index (χ2v) is 8.56. The number of aryl methyl sites for hydroxylation is 2. The summed E-state index contributed by atoms with van der Waals surface area (Å²) >= 11 is 6.01. The van der Waals surface area contributed by atoms with Crippen molar-refractivity contribution in [3.8, 4) is 11.5 Å². The van der Waals surface area contributed by atoms with Crippen LogP contribution in [0.25, 0.3) is 0 Å². The van der Waals surface area contributed by atoms with Gasteiger partial charge in [0.25, 0.3) is 0 Å². The minimum absolute atomic E-state index is 0.0142. The molecular formula is C24H22Br2F2N4O3. The number of ether oxygens (including phenoxy) is 1. The van der Waals surface area contributed by atoms with Crippen molar-refractivity contribution in [1.82, 2.24) is 19.9 Å². The van der Waals surface area contributed by atoms with E-state index in [1.807, 2.05) is 0 Å². The van der Waals surface area contributed by atoms with E-state index in [4.69, 9.17) is 14.9 Å². The van der Waals surface area contributed by atoms with Crippen molar-refractivity contribution in [2.24, 2.45) is 0 Å². The molecule has 0 bridgehead atoms. The Morgan fingerprint density at radius 2 is 1.26 bits per heavy atom. The first-order valence-corrected chi connectivity index (χ1v) is 11.7. The lowest BCUT2D eigenvalue weighted by molar-refractivity contribution is 0.281. The summed E-state index contributed by atoms with van der Waals surface area (Å²) in [5.41, 5.74) is 1.55. The van der Waals surface area contributed by atoms with Crippen LogP contribution in [0.1, 0.15) is 22.8 Å². The third-order valence-electron chi connectivity index (χ3n) is 4.09. The number of benzene rings is 2. The van der Waals surface area contributed by atoms with E-state index in [2.05, 4.69) is 51.8 Å². The highest BCUT2D eigenvalue weighted by Gasteiger charge is 2.07. The van der Waals surface area contributed by atoms with Crippen LogP contribution in [0.2, 0.25) is 0 Å². The molecule has 35 heavy (non-hydrogen) atoms. The molecule has 2 heterocycles. The van der Waals surface area contributed by atoms with Gasteiger partial charge in [-0.2, -0.15) is 0 Å². The minimum atomic E-state index is -0.613. The maximum Gasteiger partial charge on any atom is 0.179 e. The lowest BCUT2D eigenvalue weighted by Gasteiger charge is -2.07. The van der Waals surface area contributed by atoms with Gasteiger partial charge in [0, 0.05) is 35.9 Å². The predicted molar refractivity (Wildman–Crippen MR) is 134 cm³/mol. The fourth-order valence-corrected chi connectivity index (χ4v) is 2.95. The van der Waals surface area contributed by atoms with E-state index in [0.29, 0.717) is 10.3 Å². The number of phenols is 1. The lowest BCUT2D eigenvalue weighted by atomic mass is 10.3. The molecular weight excluding hydrogens is 590 g/mol. The highest BCUT2D eigenvalue weighted by molar-refractivity contribution is 9.10. The maximum absolute atomic E-state index is 13.6. The van der Waals surface area contributed by atoms with Gasteiger partial charge in [-0.3, -0.25) is 0 Å². The van der Waals surface area contributed by atoms with Crippen molar-refractivity contribution in [2.45, 2.75) is 27.1 Å². The zero-order valence-electron chi connectivity index (χ0n) is 18.8. The molecule has 0 amide bonds. The zero-order chi connectivity index (χ0) is 25.8. The average Bonchev–Trinajstić information content (AvgIpc) is 2.86. The van der Waals surface area contributed by atoms with Gasteiger partial charge in [-0.25, -0.2) is 28.7 Å². The van der Waals surface area contributed by atoms with Crippen LogP contribution < -0.4 is 4.74 Å². The summed E-state index contributed by atoms with van der Waals surface area (Å²) in [6.07, 6.45) is 6.56. The predicted octanol–water partition coefficient (Wildman–Crippen LogP) is 5.84. The van der Waals surface area contributed by atoms with Crippen LogP contribution in [-0.2, 0) is 13.2 Å². The zero-order valence-corrected chi connectivity index (χ0v) is 22.0. The molecule has 0 unspecified atom stereocenters. The molecule has 0 saturated carbocycles. The highest BCUT2D eigenvalue weighted by atomic mass is 79.9. The molecule has 2 N–H and O–H groups in total. The van der Waals surface area contributed by atoms with Crippen molar-refractivity contribution in [3.05, 3.63) is 105 Å². The van der Waals surface area contributed by atoms with Gasteiger partial charge in [0.15, 0.2) is 23.1 Å². The van der Waals surface area contributed by atoms with Gasteiger partial charge in [0.2, 0.25) is 0 Å². The van der Waals surface area contributed by atoms with Crippen LogP contribution in [0.15, 0.2) is 70.1 Å². The summed E-state index contributed by atoms with van der Waals surface area (Å²) in [7, 11) is 0. The molecule has 2 aromatic carbocycles. The van der Waals surface area contributed by atoms with Crippen molar-refractivity contribution < 1.29 is 23.7 Å². The third-order valence-corrected chi connectivity index (χ3v) is 5.32. The van der Waals surface area contributed by atoms with E-state index >= 15 is 0 Å². The van der Waals surface area contributed by atoms with Gasteiger partial charge in [-0.1, -0.05) is 12.1 Å². The summed E-state index contributed by atoms with van der Waals surface area (Å²) in [5.74, 6) is 0.289. The van der Waals surface area contributed by atoms with Crippen LogP contribution in [-0.4, -0.2) is 30.1 Å². The van der Waals surface area contributed by atoms with Crippen molar-refractivity contribution >= 4 is 31.9 Å². The van der Waals surface area contributed by atoms with Crippen LogP contribution in [0.4, 0.5) is 8.78 Å². The van der Waals surface area contributed by atoms with E-state index in [0.717, 1.165) is 17.0 Å². The fraction of sp³-hybridized carbons (Fsp3) is 0.167. The number of aliphatic hydroxyl groups excluding tert-OH is 1. The molecule has 4 aromatic rings. The van der Waals surface area contributed by atoms with E-state index in [1.165, 1.54) is 12.1 Å². The number of halogens is 4. The van der Waals surface area contributed by atoms with Crippen molar-refractivity contribution in [2.75, 3.05) is 0 Å². The molecule has 2 aromatic heterocycles. The Balaban J connectivity index is 0.000000203. The van der Waals surface area contributed by atoms with Gasteiger partial charge >= 0.3 is 0 Å². The maximum atomic E-state index is 13.6. The fourth-order valence-electron chi connectivity index (χ4n) is 2.24. The number of aromatic hydroxyl groups is 1. The second-order valence-electron chi connectivity index (χ2n) is 6.85. The Kier molecular flexibility index (Phi) is 11.6. The topological polar surface area (TPSA) is 101 Å². The first kappa shape index (κ1) is 28.2. The molecule has 184 valence electrons. The monoisotopic (exact) mass is 610 g/mol. The average molecular weight is 612 g/mol. The number of aromatic nitrogens is 4. The molecule has 0 radical (unpaired) electrons. The Labute approximate surface area is 218 Å². The van der Waals surface area contributed by atoms with E-state index < -0.39 is 11.6 Å². The standard InChI is InChI=1S/C12H10BrFN2O.C6H4BrFO.C6H8N2O/c1-8-15-5-9(6-16-8)7-17-11-4-2-3-10(13)12(11)14;7-4-2-1-3-5(9)6(4)8;1-5-7-2-6(4-9)3-8-5/h2-6H,7H2,1H3;1-3,9H;2-3,9H,4H2,1H3. The summed E-state index contributed by atoms with van der Waals surface area (Å²) in [5, 5.41) is 17.2.